The van der Waals surface area contributed by atoms with Gasteiger partial charge in [-0.05, 0) is 50.2 Å². The molecule has 0 unspecified atom stereocenters. The smallest absolute Gasteiger partial charge is 0.339 e. The highest BCUT2D eigenvalue weighted by Gasteiger charge is 2.22. The van der Waals surface area contributed by atoms with Crippen LogP contribution in [0.3, 0.4) is 0 Å². The molecule has 13 heteroatoms. The molecule has 2 aromatic carbocycles. The summed E-state index contributed by atoms with van der Waals surface area (Å²) in [5.41, 5.74) is -1.28. The molecule has 0 radical (unpaired) electrons. The van der Waals surface area contributed by atoms with Gasteiger partial charge in [0.2, 0.25) is 0 Å². The van der Waals surface area contributed by atoms with Crippen LogP contribution >= 0.6 is 0 Å². The summed E-state index contributed by atoms with van der Waals surface area (Å²) in [5, 5.41) is 18.9. The van der Waals surface area contributed by atoms with E-state index in [2.05, 4.69) is 13.2 Å². The van der Waals surface area contributed by atoms with Crippen LogP contribution in [0.15, 0.2) is 60.7 Å². The van der Waals surface area contributed by atoms with Crippen molar-refractivity contribution in [2.24, 2.45) is 0 Å². The zero-order valence-electron chi connectivity index (χ0n) is 22.1. The second-order valence-corrected chi connectivity index (χ2v) is 8.23. The summed E-state index contributed by atoms with van der Waals surface area (Å²) in [5.74, 6) is -6.43. The van der Waals surface area contributed by atoms with Gasteiger partial charge in [-0.3, -0.25) is 0 Å². The fraction of sp³-hybridized carbons (Fsp3) is 0.214. The van der Waals surface area contributed by atoms with Crippen molar-refractivity contribution in [3.05, 3.63) is 83.0 Å². The molecular weight excluding hydrogens is 544 g/mol. The van der Waals surface area contributed by atoms with Gasteiger partial charge in [0, 0.05) is 11.1 Å². The predicted octanol–water partition coefficient (Wildman–Crippen LogP) is 3.43. The first-order valence-electron chi connectivity index (χ1n) is 11.7. The van der Waals surface area contributed by atoms with E-state index in [0.29, 0.717) is 0 Å². The molecule has 13 nitrogen and oxygen atoms in total. The van der Waals surface area contributed by atoms with Crippen LogP contribution in [0.25, 0.3) is 0 Å². The number of rotatable bonds is 14. The molecule has 0 amide bonds. The third-order valence-electron chi connectivity index (χ3n) is 4.91. The first-order valence-corrected chi connectivity index (χ1v) is 11.7. The van der Waals surface area contributed by atoms with E-state index in [1.54, 1.807) is 0 Å². The van der Waals surface area contributed by atoms with Gasteiger partial charge >= 0.3 is 35.8 Å². The van der Waals surface area contributed by atoms with Gasteiger partial charge in [-0.25, -0.2) is 28.8 Å². The molecule has 0 aliphatic carbocycles. The number of hydrogen-bond donors (Lipinski definition) is 2. The van der Waals surface area contributed by atoms with Gasteiger partial charge in [-0.15, -0.1) is 0 Å². The number of carbonyl (C=O) groups excluding carboxylic acids is 4. The largest absolute Gasteiger partial charge is 0.478 e. The van der Waals surface area contributed by atoms with Crippen LogP contribution in [-0.2, 0) is 28.5 Å². The molecule has 2 N–H and O–H groups in total. The Morgan fingerprint density at radius 3 is 1.24 bits per heavy atom. The Labute approximate surface area is 233 Å². The Morgan fingerprint density at radius 2 is 0.927 bits per heavy atom. The number of carboxylic acid groups (broad SMARTS) is 2. The quantitative estimate of drug-likeness (QED) is 0.146. The van der Waals surface area contributed by atoms with Crippen LogP contribution in [0, 0.1) is 0 Å². The summed E-state index contributed by atoms with van der Waals surface area (Å²) in [6.07, 6.45) is 0. The molecule has 2 rings (SSSR count). The molecule has 0 spiro atoms. The summed E-state index contributed by atoms with van der Waals surface area (Å²) in [6.45, 7) is 8.39. The van der Waals surface area contributed by atoms with E-state index in [1.165, 1.54) is 26.0 Å². The van der Waals surface area contributed by atoms with E-state index in [9.17, 15) is 39.0 Å². The molecular formula is C28H26O13. The van der Waals surface area contributed by atoms with Gasteiger partial charge in [-0.2, -0.15) is 0 Å². The van der Waals surface area contributed by atoms with Gasteiger partial charge in [-0.1, -0.05) is 13.2 Å². The Bertz CT molecular complexity index is 1300. The molecule has 0 heterocycles. The highest BCUT2D eigenvalue weighted by Crippen LogP contribution is 2.27. The Balaban J connectivity index is 2.20. The molecule has 0 atom stereocenters. The number of carbonyl (C=O) groups is 6. The van der Waals surface area contributed by atoms with Crippen molar-refractivity contribution >= 4 is 35.8 Å². The maximum atomic E-state index is 12.6. The van der Waals surface area contributed by atoms with Gasteiger partial charge in [0.15, 0.2) is 0 Å². The van der Waals surface area contributed by atoms with Crippen molar-refractivity contribution in [2.45, 2.75) is 13.8 Å². The normalized spacial score (nSPS) is 10.1. The van der Waals surface area contributed by atoms with Gasteiger partial charge in [0.05, 0.1) is 22.3 Å². The summed E-state index contributed by atoms with van der Waals surface area (Å²) >= 11 is 0. The van der Waals surface area contributed by atoms with Crippen molar-refractivity contribution in [3.8, 4) is 11.5 Å². The van der Waals surface area contributed by atoms with Crippen LogP contribution in [0.1, 0.15) is 55.3 Å². The van der Waals surface area contributed by atoms with Crippen LogP contribution in [0.4, 0.5) is 0 Å². The molecule has 0 fully saturated rings. The molecule has 0 saturated carbocycles. The van der Waals surface area contributed by atoms with Crippen LogP contribution in [0.5, 0.6) is 11.5 Å². The highest BCUT2D eigenvalue weighted by molar-refractivity contribution is 6.03. The van der Waals surface area contributed by atoms with Crippen molar-refractivity contribution < 1.29 is 62.7 Å². The zero-order chi connectivity index (χ0) is 30.7. The molecule has 0 aliphatic rings. The zero-order valence-corrected chi connectivity index (χ0v) is 22.1. The van der Waals surface area contributed by atoms with Gasteiger partial charge in [0.25, 0.3) is 0 Å². The van der Waals surface area contributed by atoms with Gasteiger partial charge < -0.3 is 33.9 Å². The van der Waals surface area contributed by atoms with Gasteiger partial charge in [0.1, 0.15) is 37.9 Å². The van der Waals surface area contributed by atoms with Crippen LogP contribution < -0.4 is 4.74 Å². The van der Waals surface area contributed by atoms with E-state index in [0.717, 1.165) is 24.3 Å². The van der Waals surface area contributed by atoms with E-state index < -0.39 is 46.9 Å². The first-order chi connectivity index (χ1) is 19.3. The van der Waals surface area contributed by atoms with Crippen LogP contribution in [-0.4, -0.2) is 72.5 Å². The number of hydrogen-bond acceptors (Lipinski definition) is 11. The van der Waals surface area contributed by atoms with E-state index >= 15 is 0 Å². The number of ether oxygens (including phenoxy) is 5. The number of carboxylic acids is 2. The van der Waals surface area contributed by atoms with Crippen molar-refractivity contribution in [1.29, 1.82) is 0 Å². The number of aromatic carboxylic acids is 2. The SMILES string of the molecule is C=C(C)C(=O)OCCOC(=O)c1cc(Oc2ccc(C(=O)O)c(C(=O)OCCOC(=O)C(=C)C)c2)ccc1C(=O)O. The Morgan fingerprint density at radius 1 is 0.585 bits per heavy atom. The summed E-state index contributed by atoms with van der Waals surface area (Å²) < 4.78 is 25.3. The van der Waals surface area contributed by atoms with Crippen LogP contribution in [0.2, 0.25) is 0 Å². The van der Waals surface area contributed by atoms with Crippen molar-refractivity contribution in [2.75, 3.05) is 26.4 Å². The maximum absolute atomic E-state index is 12.6. The Hall–Kier alpha value is -5.46. The molecule has 0 bridgehead atoms. The summed E-state index contributed by atoms with van der Waals surface area (Å²) in [6, 6.07) is 6.78. The van der Waals surface area contributed by atoms with E-state index in [1.807, 2.05) is 0 Å². The molecule has 2 aromatic rings. The third-order valence-corrected chi connectivity index (χ3v) is 4.91. The molecule has 0 saturated heterocycles. The molecule has 41 heavy (non-hydrogen) atoms. The second kappa shape index (κ2) is 14.6. The fourth-order valence-electron chi connectivity index (χ4n) is 2.96. The monoisotopic (exact) mass is 570 g/mol. The number of benzene rings is 2. The Kier molecular flexibility index (Phi) is 11.3. The lowest BCUT2D eigenvalue weighted by atomic mass is 10.1. The van der Waals surface area contributed by atoms with Crippen molar-refractivity contribution in [1.82, 2.24) is 0 Å². The average molecular weight is 571 g/mol. The predicted molar refractivity (Wildman–Crippen MR) is 139 cm³/mol. The van der Waals surface area contributed by atoms with Crippen molar-refractivity contribution in [3.63, 3.8) is 0 Å². The molecule has 0 aliphatic heterocycles. The minimum absolute atomic E-state index is 0.0511. The standard InChI is InChI=1S/C28H26O13/c1-15(2)25(33)37-9-11-39-27(35)21-13-17(5-7-19(21)23(29)30)41-18-6-8-20(24(31)32)22(14-18)28(36)40-12-10-38-26(34)16(3)4/h5-8,13-14H,1,3,9-12H2,2,4H3,(H,29,30)(H,31,32). The van der Waals surface area contributed by atoms with E-state index in [4.69, 9.17) is 23.7 Å². The highest BCUT2D eigenvalue weighted by atomic mass is 16.6. The minimum Gasteiger partial charge on any atom is -0.478 e. The topological polar surface area (TPSA) is 189 Å². The maximum Gasteiger partial charge on any atom is 0.339 e. The minimum atomic E-state index is -1.43. The molecule has 216 valence electrons. The fourth-order valence-corrected chi connectivity index (χ4v) is 2.96. The third kappa shape index (κ3) is 9.35. The lowest BCUT2D eigenvalue weighted by Crippen LogP contribution is -2.17. The first kappa shape index (κ1) is 31.8. The molecule has 0 aromatic heterocycles. The lowest BCUT2D eigenvalue weighted by molar-refractivity contribution is -0.140. The lowest BCUT2D eigenvalue weighted by Gasteiger charge is -2.13. The second-order valence-electron chi connectivity index (χ2n) is 8.23. The van der Waals surface area contributed by atoms with E-state index in [-0.39, 0.29) is 60.2 Å². The number of esters is 4. The summed E-state index contributed by atoms with van der Waals surface area (Å²) in [7, 11) is 0. The summed E-state index contributed by atoms with van der Waals surface area (Å²) in [4.78, 5) is 71.2. The average Bonchev–Trinajstić information content (AvgIpc) is 2.92.